The lowest BCUT2D eigenvalue weighted by atomic mass is 10.00. The average Bonchev–Trinajstić information content (AvgIpc) is 2.19. The predicted octanol–water partition coefficient (Wildman–Crippen LogP) is 0.219. The summed E-state index contributed by atoms with van der Waals surface area (Å²) >= 11 is 0. The van der Waals surface area contributed by atoms with Gasteiger partial charge in [-0.3, -0.25) is 4.79 Å². The summed E-state index contributed by atoms with van der Waals surface area (Å²) in [6, 6.07) is 0.0833. The summed E-state index contributed by atoms with van der Waals surface area (Å²) in [7, 11) is 0. The zero-order valence-corrected chi connectivity index (χ0v) is 9.03. The molecule has 82 valence electrons. The Morgan fingerprint density at radius 2 is 2.00 bits per heavy atom. The van der Waals surface area contributed by atoms with Crippen LogP contribution < -0.4 is 5.73 Å². The molecule has 1 aliphatic heterocycles. The molecular formula is C10H20N2O2. The van der Waals surface area contributed by atoms with Gasteiger partial charge in [-0.25, -0.2) is 0 Å². The molecule has 1 fully saturated rings. The number of rotatable bonds is 3. The molecule has 0 aliphatic carbocycles. The van der Waals surface area contributed by atoms with Crippen LogP contribution in [0.3, 0.4) is 0 Å². The number of ether oxygens (including phenoxy) is 1. The van der Waals surface area contributed by atoms with Crippen molar-refractivity contribution in [1.29, 1.82) is 0 Å². The summed E-state index contributed by atoms with van der Waals surface area (Å²) in [5.74, 6) is 0.462. The third-order valence-electron chi connectivity index (χ3n) is 2.76. The third kappa shape index (κ3) is 3.27. The van der Waals surface area contributed by atoms with E-state index in [-0.39, 0.29) is 17.9 Å². The first-order chi connectivity index (χ1) is 6.61. The Hall–Kier alpha value is -0.610. The van der Waals surface area contributed by atoms with Crippen LogP contribution in [-0.2, 0) is 9.53 Å². The second-order valence-corrected chi connectivity index (χ2v) is 4.03. The van der Waals surface area contributed by atoms with E-state index in [9.17, 15) is 4.79 Å². The maximum absolute atomic E-state index is 11.7. The van der Waals surface area contributed by atoms with E-state index in [0.717, 1.165) is 13.1 Å². The SMILES string of the molecule is C[C@H](CC(=O)N1CCOCC1)[C@@H](C)N. The highest BCUT2D eigenvalue weighted by Gasteiger charge is 2.20. The van der Waals surface area contributed by atoms with Crippen molar-refractivity contribution in [1.82, 2.24) is 4.90 Å². The van der Waals surface area contributed by atoms with Crippen LogP contribution >= 0.6 is 0 Å². The van der Waals surface area contributed by atoms with Crippen LogP contribution in [0.15, 0.2) is 0 Å². The van der Waals surface area contributed by atoms with Crippen LogP contribution in [0.2, 0.25) is 0 Å². The lowest BCUT2D eigenvalue weighted by molar-refractivity contribution is -0.136. The van der Waals surface area contributed by atoms with Gasteiger partial charge in [0.1, 0.15) is 0 Å². The minimum atomic E-state index is 0.0833. The second kappa shape index (κ2) is 5.32. The van der Waals surface area contributed by atoms with Crippen molar-refractivity contribution in [2.24, 2.45) is 11.7 Å². The summed E-state index contributed by atoms with van der Waals surface area (Å²) in [5, 5.41) is 0. The van der Waals surface area contributed by atoms with Crippen LogP contribution in [0.1, 0.15) is 20.3 Å². The highest BCUT2D eigenvalue weighted by molar-refractivity contribution is 5.76. The Morgan fingerprint density at radius 1 is 1.43 bits per heavy atom. The monoisotopic (exact) mass is 200 g/mol. The molecule has 0 radical (unpaired) electrons. The molecule has 0 spiro atoms. The number of morpholine rings is 1. The Kier molecular flexibility index (Phi) is 4.35. The molecule has 14 heavy (non-hydrogen) atoms. The zero-order chi connectivity index (χ0) is 10.6. The van der Waals surface area contributed by atoms with Gasteiger partial charge in [0.05, 0.1) is 13.2 Å². The molecule has 1 saturated heterocycles. The number of carbonyl (C=O) groups is 1. The molecule has 0 saturated carbocycles. The van der Waals surface area contributed by atoms with Crippen molar-refractivity contribution in [2.45, 2.75) is 26.3 Å². The fourth-order valence-electron chi connectivity index (χ4n) is 1.40. The molecule has 0 aromatic heterocycles. The standard InChI is InChI=1S/C10H20N2O2/c1-8(9(2)11)7-10(13)12-3-5-14-6-4-12/h8-9H,3-7,11H2,1-2H3/t8-,9-/m1/s1. The molecule has 1 heterocycles. The van der Waals surface area contributed by atoms with Crippen molar-refractivity contribution in [3.05, 3.63) is 0 Å². The van der Waals surface area contributed by atoms with Crippen molar-refractivity contribution in [2.75, 3.05) is 26.3 Å². The molecular weight excluding hydrogens is 180 g/mol. The van der Waals surface area contributed by atoms with E-state index in [4.69, 9.17) is 10.5 Å². The summed E-state index contributed by atoms with van der Waals surface area (Å²) in [5.41, 5.74) is 5.72. The molecule has 0 aromatic rings. The van der Waals surface area contributed by atoms with Gasteiger partial charge in [0.2, 0.25) is 5.91 Å². The van der Waals surface area contributed by atoms with Gasteiger partial charge in [0.25, 0.3) is 0 Å². The fraction of sp³-hybridized carbons (Fsp3) is 0.900. The van der Waals surface area contributed by atoms with Crippen molar-refractivity contribution < 1.29 is 9.53 Å². The van der Waals surface area contributed by atoms with Crippen LogP contribution in [-0.4, -0.2) is 43.2 Å². The predicted molar refractivity (Wildman–Crippen MR) is 54.8 cm³/mol. The van der Waals surface area contributed by atoms with Gasteiger partial charge in [0.15, 0.2) is 0 Å². The number of amides is 1. The smallest absolute Gasteiger partial charge is 0.223 e. The van der Waals surface area contributed by atoms with E-state index in [0.29, 0.717) is 19.6 Å². The first-order valence-corrected chi connectivity index (χ1v) is 5.22. The lowest BCUT2D eigenvalue weighted by Gasteiger charge is -2.28. The second-order valence-electron chi connectivity index (χ2n) is 4.03. The van der Waals surface area contributed by atoms with E-state index < -0.39 is 0 Å². The van der Waals surface area contributed by atoms with Crippen LogP contribution in [0.4, 0.5) is 0 Å². The number of hydrogen-bond acceptors (Lipinski definition) is 3. The summed E-state index contributed by atoms with van der Waals surface area (Å²) in [6.45, 7) is 6.74. The topological polar surface area (TPSA) is 55.6 Å². The average molecular weight is 200 g/mol. The van der Waals surface area contributed by atoms with Crippen molar-refractivity contribution in [3.63, 3.8) is 0 Å². The van der Waals surface area contributed by atoms with E-state index in [1.807, 2.05) is 18.7 Å². The van der Waals surface area contributed by atoms with E-state index >= 15 is 0 Å². The third-order valence-corrected chi connectivity index (χ3v) is 2.76. The minimum Gasteiger partial charge on any atom is -0.378 e. The number of nitrogens with two attached hydrogens (primary N) is 1. The Labute approximate surface area is 85.4 Å². The van der Waals surface area contributed by atoms with Crippen LogP contribution in [0.25, 0.3) is 0 Å². The molecule has 1 amide bonds. The molecule has 0 bridgehead atoms. The molecule has 0 unspecified atom stereocenters. The summed E-state index contributed by atoms with van der Waals surface area (Å²) in [6.07, 6.45) is 0.553. The maximum Gasteiger partial charge on any atom is 0.223 e. The molecule has 2 atom stereocenters. The van der Waals surface area contributed by atoms with Gasteiger partial charge >= 0.3 is 0 Å². The van der Waals surface area contributed by atoms with Crippen LogP contribution in [0.5, 0.6) is 0 Å². The molecule has 1 rings (SSSR count). The van der Waals surface area contributed by atoms with Crippen molar-refractivity contribution >= 4 is 5.91 Å². The number of nitrogens with zero attached hydrogens (tertiary/aromatic N) is 1. The number of hydrogen-bond donors (Lipinski definition) is 1. The van der Waals surface area contributed by atoms with Gasteiger partial charge in [-0.2, -0.15) is 0 Å². The highest BCUT2D eigenvalue weighted by atomic mass is 16.5. The van der Waals surface area contributed by atoms with Gasteiger partial charge < -0.3 is 15.4 Å². The van der Waals surface area contributed by atoms with E-state index in [1.165, 1.54) is 0 Å². The summed E-state index contributed by atoms with van der Waals surface area (Å²) < 4.78 is 5.18. The van der Waals surface area contributed by atoms with E-state index in [2.05, 4.69) is 0 Å². The Morgan fingerprint density at radius 3 is 2.50 bits per heavy atom. The maximum atomic E-state index is 11.7. The van der Waals surface area contributed by atoms with Gasteiger partial charge in [-0.05, 0) is 12.8 Å². The van der Waals surface area contributed by atoms with Crippen molar-refractivity contribution in [3.8, 4) is 0 Å². The molecule has 2 N–H and O–H groups in total. The van der Waals surface area contributed by atoms with E-state index in [1.54, 1.807) is 0 Å². The van der Waals surface area contributed by atoms with Gasteiger partial charge in [0, 0.05) is 25.6 Å². The van der Waals surface area contributed by atoms with Gasteiger partial charge in [-0.15, -0.1) is 0 Å². The van der Waals surface area contributed by atoms with Gasteiger partial charge in [-0.1, -0.05) is 6.92 Å². The van der Waals surface area contributed by atoms with Crippen LogP contribution in [0, 0.1) is 5.92 Å². The minimum absolute atomic E-state index is 0.0833. The number of carbonyl (C=O) groups excluding carboxylic acids is 1. The first-order valence-electron chi connectivity index (χ1n) is 5.22. The first kappa shape index (κ1) is 11.5. The largest absolute Gasteiger partial charge is 0.378 e. The molecule has 0 aromatic carbocycles. The molecule has 4 nitrogen and oxygen atoms in total. The zero-order valence-electron chi connectivity index (χ0n) is 9.03. The highest BCUT2D eigenvalue weighted by Crippen LogP contribution is 2.09. The summed E-state index contributed by atoms with van der Waals surface area (Å²) in [4.78, 5) is 13.6. The fourth-order valence-corrected chi connectivity index (χ4v) is 1.40. The molecule has 4 heteroatoms. The Bertz CT molecular complexity index is 189. The normalized spacial score (nSPS) is 21.8. The quantitative estimate of drug-likeness (QED) is 0.709. The molecule has 1 aliphatic rings. The Balaban J connectivity index is 2.33. The lowest BCUT2D eigenvalue weighted by Crippen LogP contribution is -2.42.